The van der Waals surface area contributed by atoms with E-state index in [4.69, 9.17) is 4.99 Å². The van der Waals surface area contributed by atoms with Crippen molar-refractivity contribution in [1.29, 1.82) is 0 Å². The second kappa shape index (κ2) is 8.31. The second-order valence-corrected chi connectivity index (χ2v) is 7.52. The van der Waals surface area contributed by atoms with Gasteiger partial charge in [0.1, 0.15) is 11.7 Å². The van der Waals surface area contributed by atoms with Crippen LogP contribution in [0.1, 0.15) is 32.8 Å². The number of benzene rings is 1. The summed E-state index contributed by atoms with van der Waals surface area (Å²) in [6, 6.07) is 8.21. The van der Waals surface area contributed by atoms with Gasteiger partial charge in [0.15, 0.2) is 0 Å². The van der Waals surface area contributed by atoms with E-state index in [0.29, 0.717) is 12.5 Å². The first-order valence-electron chi connectivity index (χ1n) is 9.94. The van der Waals surface area contributed by atoms with Crippen LogP contribution in [0.2, 0.25) is 0 Å². The molecular weight excluding hydrogens is 360 g/mol. The third-order valence-corrected chi connectivity index (χ3v) is 5.05. The molecule has 0 saturated heterocycles. The highest BCUT2D eigenvalue weighted by Gasteiger charge is 2.18. The first kappa shape index (κ1) is 18.9. The summed E-state index contributed by atoms with van der Waals surface area (Å²) in [6.07, 6.45) is 13.2. The van der Waals surface area contributed by atoms with Gasteiger partial charge in [-0.05, 0) is 42.5 Å². The molecule has 0 atom stereocenters. The Labute approximate surface area is 171 Å². The Morgan fingerprint density at radius 3 is 2.76 bits per heavy atom. The molecule has 0 amide bonds. The Bertz CT molecular complexity index is 1020. The molecule has 6 nitrogen and oxygen atoms in total. The van der Waals surface area contributed by atoms with Crippen molar-refractivity contribution in [2.24, 2.45) is 10.9 Å². The lowest BCUT2D eigenvalue weighted by atomic mass is 9.90. The number of allylic oxidation sites excluding steroid dienone is 5. The maximum absolute atomic E-state index is 4.83. The summed E-state index contributed by atoms with van der Waals surface area (Å²) in [5.74, 6) is 2.36. The van der Waals surface area contributed by atoms with Gasteiger partial charge < -0.3 is 10.6 Å². The van der Waals surface area contributed by atoms with Gasteiger partial charge >= 0.3 is 0 Å². The highest BCUT2D eigenvalue weighted by atomic mass is 15.4. The fourth-order valence-electron chi connectivity index (χ4n) is 3.44. The molecule has 1 aromatic heterocycles. The summed E-state index contributed by atoms with van der Waals surface area (Å²) >= 11 is 0. The van der Waals surface area contributed by atoms with Crippen molar-refractivity contribution in [3.8, 4) is 5.69 Å². The monoisotopic (exact) mass is 386 g/mol. The minimum atomic E-state index is 0.474. The molecular formula is C23H26N6. The second-order valence-electron chi connectivity index (χ2n) is 7.52. The standard InChI is InChI=1S/C23H26N6/c1-16(2)20-6-4-5-7-21(20)23-24-14-17(3)22(27-23)25-15-18-8-10-19(11-9-18)29-13-12-26-28-29/h5-14,16,24H,4,15H2,1-3H3,(H,25,27)/b23-21+. The molecule has 0 unspecified atom stereocenters. The summed E-state index contributed by atoms with van der Waals surface area (Å²) in [6.45, 7) is 7.13. The van der Waals surface area contributed by atoms with Gasteiger partial charge in [-0.2, -0.15) is 0 Å². The molecule has 1 aromatic carbocycles. The first-order chi connectivity index (χ1) is 14.1. The topological polar surface area (TPSA) is 67.1 Å². The maximum atomic E-state index is 4.83. The Hall–Kier alpha value is -3.41. The van der Waals surface area contributed by atoms with Gasteiger partial charge in [-0.15, -0.1) is 5.10 Å². The summed E-state index contributed by atoms with van der Waals surface area (Å²) in [5, 5.41) is 14.8. The third-order valence-electron chi connectivity index (χ3n) is 5.05. The van der Waals surface area contributed by atoms with Crippen molar-refractivity contribution >= 4 is 5.84 Å². The molecule has 6 heteroatoms. The Kier molecular flexibility index (Phi) is 5.42. The number of amidine groups is 1. The van der Waals surface area contributed by atoms with Crippen LogP contribution in [0.15, 0.2) is 88.6 Å². The van der Waals surface area contributed by atoms with Crippen LogP contribution in [0.4, 0.5) is 0 Å². The molecule has 1 aliphatic carbocycles. The van der Waals surface area contributed by atoms with Crippen LogP contribution in [0.25, 0.3) is 5.69 Å². The summed E-state index contributed by atoms with van der Waals surface area (Å²) in [7, 11) is 0. The average Bonchev–Trinajstić information content (AvgIpc) is 3.28. The minimum absolute atomic E-state index is 0.474. The zero-order chi connectivity index (χ0) is 20.2. The van der Waals surface area contributed by atoms with E-state index in [1.165, 1.54) is 11.1 Å². The number of nitrogens with one attached hydrogen (secondary N) is 2. The minimum Gasteiger partial charge on any atom is -0.347 e. The average molecular weight is 387 g/mol. The summed E-state index contributed by atoms with van der Waals surface area (Å²) in [4.78, 5) is 4.83. The van der Waals surface area contributed by atoms with E-state index in [2.05, 4.69) is 72.1 Å². The summed E-state index contributed by atoms with van der Waals surface area (Å²) in [5.41, 5.74) is 5.78. The Balaban J connectivity index is 1.53. The van der Waals surface area contributed by atoms with E-state index < -0.39 is 0 Å². The van der Waals surface area contributed by atoms with Crippen molar-refractivity contribution in [2.45, 2.75) is 33.7 Å². The van der Waals surface area contributed by atoms with E-state index in [0.717, 1.165) is 34.9 Å². The van der Waals surface area contributed by atoms with Crippen molar-refractivity contribution in [3.05, 3.63) is 89.2 Å². The molecule has 29 heavy (non-hydrogen) atoms. The number of aliphatic imine (C=N–C) groups is 1. The first-order valence-corrected chi connectivity index (χ1v) is 9.94. The van der Waals surface area contributed by atoms with Gasteiger partial charge in [-0.1, -0.05) is 49.4 Å². The highest BCUT2D eigenvalue weighted by Crippen LogP contribution is 2.27. The third kappa shape index (κ3) is 4.21. The number of hydrogen-bond acceptors (Lipinski definition) is 4. The van der Waals surface area contributed by atoms with E-state index >= 15 is 0 Å². The van der Waals surface area contributed by atoms with Crippen molar-refractivity contribution in [2.75, 3.05) is 0 Å². The molecule has 0 radical (unpaired) electrons. The van der Waals surface area contributed by atoms with Crippen LogP contribution < -0.4 is 10.6 Å². The van der Waals surface area contributed by atoms with Gasteiger partial charge in [0.05, 0.1) is 24.6 Å². The fourth-order valence-corrected chi connectivity index (χ4v) is 3.44. The van der Waals surface area contributed by atoms with E-state index in [1.54, 1.807) is 10.9 Å². The smallest absolute Gasteiger partial charge is 0.131 e. The molecule has 0 saturated carbocycles. The quantitative estimate of drug-likeness (QED) is 0.833. The van der Waals surface area contributed by atoms with Crippen molar-refractivity contribution in [1.82, 2.24) is 25.6 Å². The zero-order valence-corrected chi connectivity index (χ0v) is 17.1. The summed E-state index contributed by atoms with van der Waals surface area (Å²) < 4.78 is 1.74. The fraction of sp³-hybridized carbons (Fsp3) is 0.261. The molecule has 1 aliphatic heterocycles. The number of rotatable bonds is 4. The van der Waals surface area contributed by atoms with Gasteiger partial charge in [0.25, 0.3) is 0 Å². The zero-order valence-electron chi connectivity index (χ0n) is 17.1. The van der Waals surface area contributed by atoms with Crippen LogP contribution in [-0.2, 0) is 6.54 Å². The number of nitrogens with zero attached hydrogens (tertiary/aromatic N) is 4. The molecule has 148 valence electrons. The molecule has 2 N–H and O–H groups in total. The van der Waals surface area contributed by atoms with E-state index in [1.807, 2.05) is 24.5 Å². The normalized spacial score (nSPS) is 20.3. The van der Waals surface area contributed by atoms with Crippen LogP contribution in [0, 0.1) is 5.92 Å². The Morgan fingerprint density at radius 2 is 2.03 bits per heavy atom. The van der Waals surface area contributed by atoms with Crippen molar-refractivity contribution in [3.63, 3.8) is 0 Å². The van der Waals surface area contributed by atoms with Crippen LogP contribution >= 0.6 is 0 Å². The molecule has 2 heterocycles. The lowest BCUT2D eigenvalue weighted by Gasteiger charge is -2.25. The van der Waals surface area contributed by atoms with Gasteiger partial charge in [0.2, 0.25) is 0 Å². The van der Waals surface area contributed by atoms with Gasteiger partial charge in [-0.25, -0.2) is 4.68 Å². The molecule has 4 rings (SSSR count). The predicted molar refractivity (Wildman–Crippen MR) is 116 cm³/mol. The Morgan fingerprint density at radius 1 is 1.21 bits per heavy atom. The predicted octanol–water partition coefficient (Wildman–Crippen LogP) is 4.02. The maximum Gasteiger partial charge on any atom is 0.131 e. The SMILES string of the molecule is CC1=CN/C(=C2/C=CCC=C2C(C)C)NC1=NCc1ccc(-n2ccnn2)cc1. The lowest BCUT2D eigenvalue weighted by Crippen LogP contribution is -2.36. The highest BCUT2D eigenvalue weighted by molar-refractivity contribution is 5.99. The number of hydrogen-bond donors (Lipinski definition) is 2. The molecule has 0 fully saturated rings. The van der Waals surface area contributed by atoms with Crippen LogP contribution in [0.5, 0.6) is 0 Å². The van der Waals surface area contributed by atoms with Crippen molar-refractivity contribution < 1.29 is 0 Å². The van der Waals surface area contributed by atoms with Crippen LogP contribution in [-0.4, -0.2) is 20.8 Å². The molecule has 0 spiro atoms. The van der Waals surface area contributed by atoms with E-state index in [9.17, 15) is 0 Å². The molecule has 0 bridgehead atoms. The largest absolute Gasteiger partial charge is 0.347 e. The molecule has 2 aliphatic rings. The van der Waals surface area contributed by atoms with Gasteiger partial charge in [0, 0.05) is 17.3 Å². The van der Waals surface area contributed by atoms with Crippen LogP contribution in [0.3, 0.4) is 0 Å². The van der Waals surface area contributed by atoms with E-state index in [-0.39, 0.29) is 0 Å². The number of aromatic nitrogens is 3. The van der Waals surface area contributed by atoms with Gasteiger partial charge in [-0.3, -0.25) is 4.99 Å². The lowest BCUT2D eigenvalue weighted by molar-refractivity contribution is 0.760. The molecule has 2 aromatic rings.